The quantitative estimate of drug-likeness (QED) is 0.939. The number of rotatable bonds is 3. The van der Waals surface area contributed by atoms with Gasteiger partial charge < -0.3 is 14.4 Å². The van der Waals surface area contributed by atoms with Gasteiger partial charge >= 0.3 is 0 Å². The number of aliphatic hydroxyl groups is 1. The number of hydrogen-bond acceptors (Lipinski definition) is 5. The van der Waals surface area contributed by atoms with Crippen molar-refractivity contribution in [1.82, 2.24) is 4.90 Å². The van der Waals surface area contributed by atoms with Crippen LogP contribution in [-0.2, 0) is 0 Å². The Balaban J connectivity index is 1.94. The molecule has 0 amide bonds. The van der Waals surface area contributed by atoms with E-state index in [1.807, 2.05) is 18.2 Å². The van der Waals surface area contributed by atoms with E-state index in [4.69, 9.17) is 16.0 Å². The topological polar surface area (TPSA) is 49.0 Å². The minimum Gasteiger partial charge on any atom is -0.464 e. The lowest BCUT2D eigenvalue weighted by Crippen LogP contribution is -2.20. The van der Waals surface area contributed by atoms with Crippen LogP contribution in [-0.4, -0.2) is 34.9 Å². The van der Waals surface area contributed by atoms with E-state index in [9.17, 15) is 5.11 Å². The molecule has 1 N–H and O–H groups in total. The van der Waals surface area contributed by atoms with Gasteiger partial charge in [-0.3, -0.25) is 4.99 Å². The fourth-order valence-electron chi connectivity index (χ4n) is 2.82. The summed E-state index contributed by atoms with van der Waals surface area (Å²) >= 11 is 7.89. The minimum atomic E-state index is 0.120. The molecule has 0 fully saturated rings. The summed E-state index contributed by atoms with van der Waals surface area (Å²) in [6.45, 7) is 1.79. The Morgan fingerprint density at radius 2 is 2.33 bits per heavy atom. The van der Waals surface area contributed by atoms with Crippen molar-refractivity contribution in [3.63, 3.8) is 0 Å². The number of aliphatic hydroxyl groups excluding tert-OH is 1. The van der Waals surface area contributed by atoms with E-state index in [0.717, 1.165) is 45.4 Å². The molecule has 6 heteroatoms. The lowest BCUT2D eigenvalue weighted by atomic mass is 10.1. The average molecular weight is 321 g/mol. The van der Waals surface area contributed by atoms with Crippen molar-refractivity contribution >= 4 is 45.2 Å². The van der Waals surface area contributed by atoms with Crippen LogP contribution in [0, 0.1) is 0 Å². The minimum absolute atomic E-state index is 0.120. The maximum Gasteiger partial charge on any atom is 0.168 e. The number of thioether (sulfide) groups is 1. The zero-order chi connectivity index (χ0) is 14.4. The molecule has 2 aliphatic rings. The lowest BCUT2D eigenvalue weighted by Gasteiger charge is -2.18. The second-order valence-electron chi connectivity index (χ2n) is 4.96. The largest absolute Gasteiger partial charge is 0.464 e. The highest BCUT2D eigenvalue weighted by Gasteiger charge is 2.34. The summed E-state index contributed by atoms with van der Waals surface area (Å²) in [5.41, 5.74) is 2.89. The molecule has 0 spiro atoms. The van der Waals surface area contributed by atoms with E-state index in [1.54, 1.807) is 18.0 Å². The summed E-state index contributed by atoms with van der Waals surface area (Å²) in [5, 5.41) is 12.0. The van der Waals surface area contributed by atoms with E-state index < -0.39 is 0 Å². The van der Waals surface area contributed by atoms with Crippen molar-refractivity contribution in [2.24, 2.45) is 4.99 Å². The van der Waals surface area contributed by atoms with E-state index in [-0.39, 0.29) is 6.61 Å². The molecule has 0 unspecified atom stereocenters. The molecular formula is C15H13ClN2O2S. The summed E-state index contributed by atoms with van der Waals surface area (Å²) < 4.78 is 5.66. The number of furan rings is 1. The molecular weight excluding hydrogens is 308 g/mol. The van der Waals surface area contributed by atoms with E-state index >= 15 is 0 Å². The number of nitrogens with zero attached hydrogens (tertiary/aromatic N) is 2. The zero-order valence-corrected chi connectivity index (χ0v) is 12.7. The van der Waals surface area contributed by atoms with Crippen molar-refractivity contribution in [2.75, 3.05) is 19.7 Å². The predicted molar refractivity (Wildman–Crippen MR) is 86.4 cm³/mol. The summed E-state index contributed by atoms with van der Waals surface area (Å²) in [4.78, 5) is 7.83. The maximum atomic E-state index is 9.33. The number of halogens is 1. The summed E-state index contributed by atoms with van der Waals surface area (Å²) in [6, 6.07) is 5.75. The van der Waals surface area contributed by atoms with Gasteiger partial charge in [-0.1, -0.05) is 23.4 Å². The average Bonchev–Trinajstić information content (AvgIpc) is 3.12. The summed E-state index contributed by atoms with van der Waals surface area (Å²) in [7, 11) is 0. The number of benzene rings is 1. The molecule has 4 nitrogen and oxygen atoms in total. The first-order valence-corrected chi connectivity index (χ1v) is 7.98. The monoisotopic (exact) mass is 320 g/mol. The smallest absolute Gasteiger partial charge is 0.168 e. The van der Waals surface area contributed by atoms with E-state index in [1.165, 1.54) is 0 Å². The first-order chi connectivity index (χ1) is 10.3. The Bertz CT molecular complexity index is 781. The summed E-state index contributed by atoms with van der Waals surface area (Å²) in [6.07, 6.45) is 2.29. The van der Waals surface area contributed by atoms with Crippen LogP contribution >= 0.6 is 23.4 Å². The van der Waals surface area contributed by atoms with Crippen LogP contribution in [0.1, 0.15) is 12.0 Å². The third kappa shape index (κ3) is 2.08. The Labute approximate surface area is 131 Å². The maximum absolute atomic E-state index is 9.33. The van der Waals surface area contributed by atoms with Crippen molar-refractivity contribution in [3.05, 3.63) is 40.0 Å². The van der Waals surface area contributed by atoms with Gasteiger partial charge in [0.05, 0.1) is 18.5 Å². The van der Waals surface area contributed by atoms with Crippen molar-refractivity contribution in [1.29, 1.82) is 0 Å². The van der Waals surface area contributed by atoms with Gasteiger partial charge in [0.15, 0.2) is 5.17 Å². The van der Waals surface area contributed by atoms with Crippen LogP contribution in [0.3, 0.4) is 0 Å². The van der Waals surface area contributed by atoms with Crippen molar-refractivity contribution < 1.29 is 9.52 Å². The number of amidine groups is 1. The third-order valence-corrected chi connectivity index (χ3v) is 5.05. The number of aliphatic imine (C=N–C) groups is 1. The molecule has 0 bridgehead atoms. The van der Waals surface area contributed by atoms with Crippen molar-refractivity contribution in [3.8, 4) is 0 Å². The Morgan fingerprint density at radius 1 is 1.43 bits per heavy atom. The molecule has 0 aliphatic carbocycles. The fourth-order valence-corrected chi connectivity index (χ4v) is 4.22. The molecule has 1 aromatic carbocycles. The van der Waals surface area contributed by atoms with Gasteiger partial charge in [-0.15, -0.1) is 0 Å². The number of hydrogen-bond donors (Lipinski definition) is 1. The second-order valence-corrected chi connectivity index (χ2v) is 6.45. The molecule has 108 valence electrons. The molecule has 3 heterocycles. The van der Waals surface area contributed by atoms with Crippen molar-refractivity contribution in [2.45, 2.75) is 6.42 Å². The molecule has 4 rings (SSSR count). The van der Waals surface area contributed by atoms with Gasteiger partial charge in [0.2, 0.25) is 0 Å². The highest BCUT2D eigenvalue weighted by molar-refractivity contribution is 8.17. The lowest BCUT2D eigenvalue weighted by molar-refractivity contribution is 0.301. The molecule has 2 aliphatic heterocycles. The summed E-state index contributed by atoms with van der Waals surface area (Å²) in [5.74, 6) is 0. The standard InChI is InChI=1S/C15H13ClN2O2S/c16-10-7-9-2-6-20-14(9)11(8-10)13-12(1-5-19)21-15-17-3-4-18(13)15/h2,6-8,19H,1,3-5H2. The van der Waals surface area contributed by atoms with Crippen LogP contribution in [0.25, 0.3) is 16.7 Å². The first kappa shape index (κ1) is 13.2. The highest BCUT2D eigenvalue weighted by atomic mass is 35.5. The Kier molecular flexibility index (Phi) is 3.21. The van der Waals surface area contributed by atoms with Crippen LogP contribution in [0.2, 0.25) is 5.02 Å². The molecule has 0 atom stereocenters. The van der Waals surface area contributed by atoms with Crippen LogP contribution in [0.5, 0.6) is 0 Å². The molecule has 21 heavy (non-hydrogen) atoms. The molecule has 0 saturated carbocycles. The van der Waals surface area contributed by atoms with Gasteiger partial charge in [0, 0.05) is 40.4 Å². The van der Waals surface area contributed by atoms with Gasteiger partial charge in [-0.25, -0.2) is 0 Å². The van der Waals surface area contributed by atoms with Gasteiger partial charge in [0.1, 0.15) is 5.58 Å². The Morgan fingerprint density at radius 3 is 3.19 bits per heavy atom. The highest BCUT2D eigenvalue weighted by Crippen LogP contribution is 2.45. The third-order valence-electron chi connectivity index (χ3n) is 3.66. The Hall–Kier alpha value is -1.43. The fraction of sp³-hybridized carbons (Fsp3) is 0.267. The SMILES string of the molecule is OCCC1=C(c2cc(Cl)cc3ccoc23)N2CCN=C2S1. The van der Waals surface area contributed by atoms with E-state index in [2.05, 4.69) is 9.89 Å². The second kappa shape index (κ2) is 5.09. The predicted octanol–water partition coefficient (Wildman–Crippen LogP) is 3.56. The van der Waals surface area contributed by atoms with E-state index in [0.29, 0.717) is 11.4 Å². The normalized spacial score (nSPS) is 17.8. The van der Waals surface area contributed by atoms with Gasteiger partial charge in [-0.2, -0.15) is 0 Å². The molecule has 1 aromatic heterocycles. The van der Waals surface area contributed by atoms with Gasteiger partial charge in [-0.05, 0) is 18.2 Å². The van der Waals surface area contributed by atoms with Crippen LogP contribution < -0.4 is 0 Å². The zero-order valence-electron chi connectivity index (χ0n) is 11.2. The molecule has 2 aromatic rings. The number of fused-ring (bicyclic) bond motifs is 2. The van der Waals surface area contributed by atoms with Crippen LogP contribution in [0.4, 0.5) is 0 Å². The van der Waals surface area contributed by atoms with Gasteiger partial charge in [0.25, 0.3) is 0 Å². The van der Waals surface area contributed by atoms with Crippen LogP contribution in [0.15, 0.2) is 38.8 Å². The molecule has 0 radical (unpaired) electrons. The molecule has 0 saturated heterocycles. The first-order valence-electron chi connectivity index (χ1n) is 6.79.